The number of nitrogens with zero attached hydrogens (tertiary/aromatic N) is 4. The second-order valence-corrected chi connectivity index (χ2v) is 6.02. The lowest BCUT2D eigenvalue weighted by Crippen LogP contribution is -2.49. The number of carbonyl (C=O) groups is 1. The number of pyridine rings is 1. The van der Waals surface area contributed by atoms with Crippen LogP contribution in [0, 0.1) is 0 Å². The molecule has 0 aliphatic carbocycles. The van der Waals surface area contributed by atoms with Crippen LogP contribution in [-0.2, 0) is 4.79 Å². The Kier molecular flexibility index (Phi) is 4.20. The summed E-state index contributed by atoms with van der Waals surface area (Å²) in [5.74, 6) is 1.28. The quantitative estimate of drug-likeness (QED) is 0.712. The zero-order chi connectivity index (χ0) is 16.4. The van der Waals surface area contributed by atoms with Crippen LogP contribution in [0.2, 0.25) is 0 Å². The summed E-state index contributed by atoms with van der Waals surface area (Å²) in [6, 6.07) is 3.49. The second kappa shape index (κ2) is 6.63. The number of aromatic nitrogens is 3. The molecule has 2 atom stereocenters. The summed E-state index contributed by atoms with van der Waals surface area (Å²) in [4.78, 5) is 23.0. The van der Waals surface area contributed by atoms with Gasteiger partial charge in [0.1, 0.15) is 6.04 Å². The molecule has 0 spiro atoms. The molecule has 2 aromatic rings. The lowest BCUT2D eigenvalue weighted by molar-refractivity contribution is -0.134. The zero-order valence-corrected chi connectivity index (χ0v) is 13.1. The highest BCUT2D eigenvalue weighted by Crippen LogP contribution is 2.27. The van der Waals surface area contributed by atoms with E-state index in [9.17, 15) is 4.79 Å². The average Bonchev–Trinajstić information content (AvgIpc) is 3.34. The zero-order valence-electron chi connectivity index (χ0n) is 13.1. The van der Waals surface area contributed by atoms with Crippen LogP contribution in [0.4, 0.5) is 0 Å². The van der Waals surface area contributed by atoms with Crippen LogP contribution < -0.4 is 16.4 Å². The Bertz CT molecular complexity index is 699. The molecule has 4 rings (SSSR count). The Labute approximate surface area is 138 Å². The van der Waals surface area contributed by atoms with Crippen molar-refractivity contribution in [2.75, 3.05) is 19.6 Å². The number of likely N-dealkylation sites (tertiary alicyclic amines) is 1. The Morgan fingerprint density at radius 1 is 1.42 bits per heavy atom. The van der Waals surface area contributed by atoms with Crippen LogP contribution in [-0.4, -0.2) is 51.6 Å². The largest absolute Gasteiger partial charge is 0.340 e. The van der Waals surface area contributed by atoms with Crippen LogP contribution in [0.3, 0.4) is 0 Å². The van der Waals surface area contributed by atoms with Crippen molar-refractivity contribution in [1.29, 1.82) is 0 Å². The number of nitrogens with one attached hydrogen (secondary N) is 3. The summed E-state index contributed by atoms with van der Waals surface area (Å²) in [6.45, 7) is 1.94. The van der Waals surface area contributed by atoms with Gasteiger partial charge in [-0.3, -0.25) is 9.78 Å². The first-order chi connectivity index (χ1) is 11.8. The van der Waals surface area contributed by atoms with Gasteiger partial charge in [-0.15, -0.1) is 0 Å². The van der Waals surface area contributed by atoms with Gasteiger partial charge in [-0.2, -0.15) is 10.5 Å². The minimum atomic E-state index is -0.239. The Morgan fingerprint density at radius 3 is 3.17 bits per heavy atom. The van der Waals surface area contributed by atoms with Crippen molar-refractivity contribution >= 4 is 5.91 Å². The van der Waals surface area contributed by atoms with Crippen molar-refractivity contribution in [3.63, 3.8) is 0 Å². The predicted molar refractivity (Wildman–Crippen MR) is 84.1 cm³/mol. The molecule has 0 bridgehead atoms. The number of rotatable bonds is 3. The molecule has 2 fully saturated rings. The van der Waals surface area contributed by atoms with Gasteiger partial charge in [0, 0.05) is 37.6 Å². The summed E-state index contributed by atoms with van der Waals surface area (Å²) in [6.07, 6.45) is 5.27. The molecule has 2 aromatic heterocycles. The third-order valence-electron chi connectivity index (χ3n) is 4.38. The molecule has 0 radical (unpaired) electrons. The molecule has 0 saturated carbocycles. The van der Waals surface area contributed by atoms with Crippen LogP contribution in [0.1, 0.15) is 24.7 Å². The van der Waals surface area contributed by atoms with Crippen molar-refractivity contribution in [1.82, 2.24) is 36.4 Å². The number of hydrogen-bond acceptors (Lipinski definition) is 8. The van der Waals surface area contributed by atoms with Gasteiger partial charge in [0.2, 0.25) is 17.6 Å². The summed E-state index contributed by atoms with van der Waals surface area (Å²) in [5, 5.41) is 4.05. The van der Waals surface area contributed by atoms with E-state index in [0.29, 0.717) is 24.8 Å². The lowest BCUT2D eigenvalue weighted by Gasteiger charge is -2.32. The molecule has 2 aliphatic heterocycles. The molecule has 126 valence electrons. The first-order valence-electron chi connectivity index (χ1n) is 8.07. The van der Waals surface area contributed by atoms with Gasteiger partial charge in [-0.05, 0) is 25.0 Å². The Hall–Kier alpha value is -2.36. The maximum absolute atomic E-state index is 12.5. The van der Waals surface area contributed by atoms with Gasteiger partial charge in [0.25, 0.3) is 0 Å². The molecule has 2 aliphatic rings. The summed E-state index contributed by atoms with van der Waals surface area (Å²) in [7, 11) is 0. The predicted octanol–water partition coefficient (Wildman–Crippen LogP) is -0.181. The molecule has 2 saturated heterocycles. The Balaban J connectivity index is 1.46. The highest BCUT2D eigenvalue weighted by Gasteiger charge is 2.33. The number of amides is 1. The van der Waals surface area contributed by atoms with Gasteiger partial charge in [-0.1, -0.05) is 5.16 Å². The first-order valence-corrected chi connectivity index (χ1v) is 8.07. The van der Waals surface area contributed by atoms with E-state index in [1.807, 2.05) is 17.0 Å². The minimum Gasteiger partial charge on any atom is -0.340 e. The van der Waals surface area contributed by atoms with E-state index >= 15 is 0 Å². The maximum atomic E-state index is 12.5. The molecule has 9 heteroatoms. The van der Waals surface area contributed by atoms with Crippen molar-refractivity contribution in [2.24, 2.45) is 0 Å². The average molecular weight is 329 g/mol. The number of carbonyl (C=O) groups excluding carboxylic acids is 1. The molecular formula is C15H19N7O2. The molecule has 0 aromatic carbocycles. The highest BCUT2D eigenvalue weighted by molar-refractivity contribution is 5.82. The lowest BCUT2D eigenvalue weighted by atomic mass is 9.97. The van der Waals surface area contributed by atoms with Crippen molar-refractivity contribution < 1.29 is 9.32 Å². The molecule has 2 unspecified atom stereocenters. The normalized spacial score (nSPS) is 24.2. The van der Waals surface area contributed by atoms with Crippen LogP contribution in [0.15, 0.2) is 29.0 Å². The van der Waals surface area contributed by atoms with Crippen LogP contribution in [0.25, 0.3) is 11.4 Å². The summed E-state index contributed by atoms with van der Waals surface area (Å²) in [5.41, 5.74) is 9.41. The molecular weight excluding hydrogens is 310 g/mol. The molecule has 24 heavy (non-hydrogen) atoms. The fraction of sp³-hybridized carbons (Fsp3) is 0.467. The smallest absolute Gasteiger partial charge is 0.242 e. The van der Waals surface area contributed by atoms with E-state index in [2.05, 4.69) is 31.5 Å². The van der Waals surface area contributed by atoms with Gasteiger partial charge in [0.05, 0.1) is 5.92 Å². The number of hydrazine groups is 2. The first kappa shape index (κ1) is 15.2. The van der Waals surface area contributed by atoms with Crippen molar-refractivity contribution in [2.45, 2.75) is 24.8 Å². The van der Waals surface area contributed by atoms with Crippen LogP contribution >= 0.6 is 0 Å². The molecule has 1 amide bonds. The molecule has 4 heterocycles. The number of piperidine rings is 1. The van der Waals surface area contributed by atoms with E-state index in [1.54, 1.807) is 12.4 Å². The monoisotopic (exact) mass is 329 g/mol. The van der Waals surface area contributed by atoms with Crippen molar-refractivity contribution in [3.05, 3.63) is 30.4 Å². The van der Waals surface area contributed by atoms with Gasteiger partial charge in [-0.25, -0.2) is 10.9 Å². The standard InChI is InChI=1S/C15H19N7O2/c23-15(12-8-17-21-19-12)22-6-2-4-11(9-22)14-18-13(20-24-14)10-3-1-5-16-7-10/h1,3,5,7,11-12,17,19,21H,2,4,6,8-9H2. The molecule has 9 nitrogen and oxygen atoms in total. The summed E-state index contributed by atoms with van der Waals surface area (Å²) >= 11 is 0. The highest BCUT2D eigenvalue weighted by atomic mass is 16.5. The Morgan fingerprint density at radius 2 is 2.38 bits per heavy atom. The van der Waals surface area contributed by atoms with Gasteiger partial charge < -0.3 is 9.42 Å². The molecule has 3 N–H and O–H groups in total. The van der Waals surface area contributed by atoms with Gasteiger partial charge >= 0.3 is 0 Å². The topological polar surface area (TPSA) is 108 Å². The van der Waals surface area contributed by atoms with Gasteiger partial charge in [0.15, 0.2) is 0 Å². The van der Waals surface area contributed by atoms with E-state index in [0.717, 1.165) is 24.9 Å². The fourth-order valence-corrected chi connectivity index (χ4v) is 3.10. The third kappa shape index (κ3) is 3.01. The fourth-order valence-electron chi connectivity index (χ4n) is 3.10. The maximum Gasteiger partial charge on any atom is 0.242 e. The van der Waals surface area contributed by atoms with E-state index in [4.69, 9.17) is 4.52 Å². The van der Waals surface area contributed by atoms with E-state index in [-0.39, 0.29) is 17.9 Å². The second-order valence-electron chi connectivity index (χ2n) is 6.02. The van der Waals surface area contributed by atoms with Crippen molar-refractivity contribution in [3.8, 4) is 11.4 Å². The van der Waals surface area contributed by atoms with Crippen LogP contribution in [0.5, 0.6) is 0 Å². The number of hydrogen-bond donors (Lipinski definition) is 3. The SMILES string of the molecule is O=C(C1CNNN1)N1CCCC(c2nc(-c3cccnc3)no2)C1. The van der Waals surface area contributed by atoms with E-state index in [1.165, 1.54) is 0 Å². The van der Waals surface area contributed by atoms with E-state index < -0.39 is 0 Å². The summed E-state index contributed by atoms with van der Waals surface area (Å²) < 4.78 is 5.44. The third-order valence-corrected chi connectivity index (χ3v) is 4.38. The minimum absolute atomic E-state index is 0.0722.